The third-order valence-electron chi connectivity index (χ3n) is 6.07. The van der Waals surface area contributed by atoms with Crippen LogP contribution in [0.15, 0.2) is 90.0 Å². The van der Waals surface area contributed by atoms with Crippen LogP contribution in [0, 0.1) is 18.8 Å². The van der Waals surface area contributed by atoms with Crippen molar-refractivity contribution in [2.75, 3.05) is 6.79 Å². The average molecular weight is 484 g/mol. The van der Waals surface area contributed by atoms with Gasteiger partial charge in [0.05, 0.1) is 16.6 Å². The van der Waals surface area contributed by atoms with E-state index in [4.69, 9.17) is 14.5 Å². The lowest BCUT2D eigenvalue weighted by Crippen LogP contribution is -2.23. The molecule has 2 aromatic heterocycles. The van der Waals surface area contributed by atoms with Gasteiger partial charge in [0.2, 0.25) is 6.79 Å². The maximum Gasteiger partial charge on any atom is 0.266 e. The van der Waals surface area contributed by atoms with E-state index in [1.807, 2.05) is 85.8 Å². The molecule has 178 valence electrons. The zero-order valence-corrected chi connectivity index (χ0v) is 20.0. The molecule has 0 amide bonds. The van der Waals surface area contributed by atoms with Crippen molar-refractivity contribution in [1.29, 1.82) is 0 Å². The van der Waals surface area contributed by atoms with Crippen LogP contribution in [0.25, 0.3) is 28.7 Å². The second-order valence-electron chi connectivity index (χ2n) is 8.57. The Balaban J connectivity index is 1.44. The van der Waals surface area contributed by atoms with E-state index in [2.05, 4.69) is 16.8 Å². The summed E-state index contributed by atoms with van der Waals surface area (Å²) in [5.41, 5.74) is 4.78. The quantitative estimate of drug-likeness (QED) is 0.322. The van der Waals surface area contributed by atoms with Crippen LogP contribution in [0.2, 0.25) is 0 Å². The Morgan fingerprint density at radius 1 is 0.892 bits per heavy atom. The summed E-state index contributed by atoms with van der Waals surface area (Å²) in [5.74, 6) is 8.25. The topological polar surface area (TPSA) is 66.2 Å². The molecule has 6 heteroatoms. The normalized spacial score (nSPS) is 12.0. The van der Waals surface area contributed by atoms with Gasteiger partial charge in [-0.2, -0.15) is 0 Å². The second kappa shape index (κ2) is 9.48. The molecule has 6 nitrogen and oxygen atoms in total. The number of hydrogen-bond donors (Lipinski definition) is 0. The standard InChI is InChI=1S/C31H21N3O3/c1-21-17-22(8-9-24-5-4-16-32-19-24)10-13-27(21)34-30(33-26-7-3-2-6-25(26)31(34)35)15-12-23-11-14-28-29(18-23)37-20-36-28/h2-7,10-19H,20H2,1H3/b15-12+. The number of aryl methyl sites for hydroxylation is 1. The van der Waals surface area contributed by atoms with Crippen molar-refractivity contribution in [3.8, 4) is 29.0 Å². The number of para-hydroxylation sites is 1. The van der Waals surface area contributed by atoms with Crippen LogP contribution in [0.4, 0.5) is 0 Å². The van der Waals surface area contributed by atoms with Gasteiger partial charge in [-0.25, -0.2) is 4.98 Å². The van der Waals surface area contributed by atoms with Crippen molar-refractivity contribution in [1.82, 2.24) is 14.5 Å². The third-order valence-corrected chi connectivity index (χ3v) is 6.07. The molecule has 0 atom stereocenters. The SMILES string of the molecule is Cc1cc(C#Cc2cccnc2)ccc1-n1c(/C=C/c2ccc3c(c2)OCO3)nc2ccccc2c1=O. The van der Waals surface area contributed by atoms with E-state index in [0.29, 0.717) is 22.5 Å². The summed E-state index contributed by atoms with van der Waals surface area (Å²) in [6.07, 6.45) is 7.21. The van der Waals surface area contributed by atoms with Crippen LogP contribution in [0.1, 0.15) is 28.1 Å². The Morgan fingerprint density at radius 2 is 1.76 bits per heavy atom. The summed E-state index contributed by atoms with van der Waals surface area (Å²) < 4.78 is 12.6. The van der Waals surface area contributed by atoms with E-state index in [1.54, 1.807) is 23.0 Å². The van der Waals surface area contributed by atoms with Gasteiger partial charge in [-0.05, 0) is 78.7 Å². The van der Waals surface area contributed by atoms with Gasteiger partial charge >= 0.3 is 0 Å². The fourth-order valence-corrected chi connectivity index (χ4v) is 4.25. The van der Waals surface area contributed by atoms with E-state index >= 15 is 0 Å². The molecular weight excluding hydrogens is 462 g/mol. The number of rotatable bonds is 3. The first kappa shape index (κ1) is 22.3. The van der Waals surface area contributed by atoms with E-state index in [1.165, 1.54) is 0 Å². The predicted octanol–water partition coefficient (Wildman–Crippen LogP) is 5.39. The lowest BCUT2D eigenvalue weighted by Gasteiger charge is -2.14. The lowest BCUT2D eigenvalue weighted by molar-refractivity contribution is 0.174. The van der Waals surface area contributed by atoms with Crippen LogP contribution in [-0.2, 0) is 0 Å². The lowest BCUT2D eigenvalue weighted by atomic mass is 10.1. The number of benzene rings is 3. The van der Waals surface area contributed by atoms with Gasteiger partial charge in [0.25, 0.3) is 5.56 Å². The van der Waals surface area contributed by atoms with Crippen LogP contribution in [0.5, 0.6) is 11.5 Å². The molecule has 0 unspecified atom stereocenters. The summed E-state index contributed by atoms with van der Waals surface area (Å²) in [7, 11) is 0. The first-order valence-corrected chi connectivity index (χ1v) is 11.8. The molecule has 6 rings (SSSR count). The Labute approximate surface area is 213 Å². The number of pyridine rings is 1. The van der Waals surface area contributed by atoms with Gasteiger partial charge < -0.3 is 9.47 Å². The molecule has 3 aromatic carbocycles. The first-order valence-electron chi connectivity index (χ1n) is 11.8. The molecule has 0 radical (unpaired) electrons. The molecule has 0 aliphatic carbocycles. The van der Waals surface area contributed by atoms with Crippen molar-refractivity contribution in [3.63, 3.8) is 0 Å². The van der Waals surface area contributed by atoms with E-state index in [9.17, 15) is 4.79 Å². The van der Waals surface area contributed by atoms with Crippen molar-refractivity contribution < 1.29 is 9.47 Å². The number of nitrogens with zero attached hydrogens (tertiary/aromatic N) is 3. The van der Waals surface area contributed by atoms with E-state index < -0.39 is 0 Å². The fraction of sp³-hybridized carbons (Fsp3) is 0.0645. The van der Waals surface area contributed by atoms with Gasteiger partial charge in [-0.3, -0.25) is 14.3 Å². The van der Waals surface area contributed by atoms with Crippen LogP contribution in [-0.4, -0.2) is 21.3 Å². The molecule has 0 spiro atoms. The Kier molecular flexibility index (Phi) is 5.72. The van der Waals surface area contributed by atoms with Crippen LogP contribution >= 0.6 is 0 Å². The molecule has 3 heterocycles. The minimum absolute atomic E-state index is 0.131. The average Bonchev–Trinajstić information content (AvgIpc) is 3.40. The van der Waals surface area contributed by atoms with Gasteiger partial charge in [-0.15, -0.1) is 0 Å². The van der Waals surface area contributed by atoms with Crippen molar-refractivity contribution >= 4 is 23.1 Å². The molecular formula is C31H21N3O3. The zero-order chi connectivity index (χ0) is 25.2. The molecule has 1 aliphatic rings. The highest BCUT2D eigenvalue weighted by Gasteiger charge is 2.14. The summed E-state index contributed by atoms with van der Waals surface area (Å²) in [5, 5.41) is 0.558. The van der Waals surface area contributed by atoms with Crippen LogP contribution in [0.3, 0.4) is 0 Å². The number of fused-ring (bicyclic) bond motifs is 2. The maximum atomic E-state index is 13.7. The molecule has 0 saturated carbocycles. The van der Waals surface area contributed by atoms with E-state index in [0.717, 1.165) is 33.7 Å². The second-order valence-corrected chi connectivity index (χ2v) is 8.57. The van der Waals surface area contributed by atoms with Gasteiger partial charge in [0.15, 0.2) is 11.5 Å². The van der Waals surface area contributed by atoms with Crippen molar-refractivity contribution in [2.24, 2.45) is 0 Å². The largest absolute Gasteiger partial charge is 0.454 e. The summed E-state index contributed by atoms with van der Waals surface area (Å²) in [4.78, 5) is 22.6. The van der Waals surface area contributed by atoms with Gasteiger partial charge in [-0.1, -0.05) is 36.1 Å². The van der Waals surface area contributed by atoms with Gasteiger partial charge in [0, 0.05) is 23.5 Å². The Morgan fingerprint density at radius 3 is 2.62 bits per heavy atom. The molecule has 0 fully saturated rings. The number of ether oxygens (including phenoxy) is 2. The fourth-order valence-electron chi connectivity index (χ4n) is 4.25. The smallest absolute Gasteiger partial charge is 0.266 e. The summed E-state index contributed by atoms with van der Waals surface area (Å²) >= 11 is 0. The summed E-state index contributed by atoms with van der Waals surface area (Å²) in [6, 6.07) is 22.7. The zero-order valence-electron chi connectivity index (χ0n) is 20.0. The number of aromatic nitrogens is 3. The Hall–Kier alpha value is -5.15. The molecule has 37 heavy (non-hydrogen) atoms. The molecule has 5 aromatic rings. The highest BCUT2D eigenvalue weighted by atomic mass is 16.7. The molecule has 0 saturated heterocycles. The minimum Gasteiger partial charge on any atom is -0.454 e. The highest BCUT2D eigenvalue weighted by Crippen LogP contribution is 2.33. The van der Waals surface area contributed by atoms with Gasteiger partial charge in [0.1, 0.15) is 5.82 Å². The monoisotopic (exact) mass is 483 g/mol. The Bertz CT molecular complexity index is 1790. The van der Waals surface area contributed by atoms with Crippen molar-refractivity contribution in [3.05, 3.63) is 124 Å². The van der Waals surface area contributed by atoms with Crippen molar-refractivity contribution in [2.45, 2.75) is 6.92 Å². The highest BCUT2D eigenvalue weighted by molar-refractivity contribution is 5.80. The van der Waals surface area contributed by atoms with Crippen LogP contribution < -0.4 is 15.0 Å². The first-order chi connectivity index (χ1) is 18.2. The molecule has 0 N–H and O–H groups in total. The predicted molar refractivity (Wildman–Crippen MR) is 144 cm³/mol. The molecule has 1 aliphatic heterocycles. The summed E-state index contributed by atoms with van der Waals surface area (Å²) in [6.45, 7) is 2.19. The molecule has 0 bridgehead atoms. The minimum atomic E-state index is -0.131. The van der Waals surface area contributed by atoms with E-state index in [-0.39, 0.29) is 12.4 Å². The third kappa shape index (κ3) is 4.46. The maximum absolute atomic E-state index is 13.7. The number of hydrogen-bond acceptors (Lipinski definition) is 5.